The molecule has 2 aromatic rings. The van der Waals surface area contributed by atoms with E-state index in [0.717, 1.165) is 11.3 Å². The third-order valence-electron chi connectivity index (χ3n) is 3.16. The van der Waals surface area contributed by atoms with E-state index in [-0.39, 0.29) is 0 Å². The number of nitrogens with zero attached hydrogens (tertiary/aromatic N) is 3. The second-order valence-corrected chi connectivity index (χ2v) is 5.80. The Hall–Kier alpha value is -1.64. The Labute approximate surface area is 119 Å². The van der Waals surface area contributed by atoms with Gasteiger partial charge in [-0.2, -0.15) is 8.42 Å². The third kappa shape index (κ3) is 2.15. The fourth-order valence-corrected chi connectivity index (χ4v) is 2.74. The Kier molecular flexibility index (Phi) is 2.96. The van der Waals surface area contributed by atoms with E-state index in [4.69, 9.17) is 16.2 Å². The molecule has 9 heteroatoms. The first kappa shape index (κ1) is 13.3. The van der Waals surface area contributed by atoms with Gasteiger partial charge in [-0.25, -0.2) is 9.27 Å². The maximum Gasteiger partial charge on any atom is 0.466 e. The maximum atomic E-state index is 10.6. The minimum absolute atomic E-state index is 0.427. The summed E-state index contributed by atoms with van der Waals surface area (Å²) < 4.78 is 35.9. The molecule has 0 radical (unpaired) electrons. The fourth-order valence-electron chi connectivity index (χ4n) is 2.36. The zero-order valence-electron chi connectivity index (χ0n) is 10.4. The molecule has 0 atom stereocenters. The second-order valence-electron chi connectivity index (χ2n) is 4.39. The highest BCUT2D eigenvalue weighted by atomic mass is 35.5. The van der Waals surface area contributed by atoms with Gasteiger partial charge in [0.1, 0.15) is 11.3 Å². The van der Waals surface area contributed by atoms with E-state index in [1.807, 2.05) is 11.5 Å². The van der Waals surface area contributed by atoms with Crippen LogP contribution in [0.2, 0.25) is 5.02 Å². The van der Waals surface area contributed by atoms with Gasteiger partial charge in [0.25, 0.3) is 0 Å². The van der Waals surface area contributed by atoms with Crippen molar-refractivity contribution in [3.8, 4) is 0 Å². The highest BCUT2D eigenvalue weighted by molar-refractivity contribution is 7.80. The van der Waals surface area contributed by atoms with Crippen LogP contribution >= 0.6 is 11.6 Å². The molecule has 0 saturated carbocycles. The van der Waals surface area contributed by atoms with Crippen molar-refractivity contribution in [1.82, 2.24) is 9.55 Å². The highest BCUT2D eigenvalue weighted by Gasteiger charge is 2.23. The highest BCUT2D eigenvalue weighted by Crippen LogP contribution is 2.31. The van der Waals surface area contributed by atoms with Gasteiger partial charge in [0.15, 0.2) is 0 Å². The number of rotatable bonds is 2. The van der Waals surface area contributed by atoms with Crippen LogP contribution in [0.1, 0.15) is 17.8 Å². The van der Waals surface area contributed by atoms with E-state index < -0.39 is 10.4 Å². The van der Waals surface area contributed by atoms with E-state index >= 15 is 0 Å². The van der Waals surface area contributed by atoms with Gasteiger partial charge in [-0.15, -0.1) is 0 Å². The van der Waals surface area contributed by atoms with E-state index in [2.05, 4.69) is 14.4 Å². The van der Waals surface area contributed by atoms with Crippen molar-refractivity contribution in [2.24, 2.45) is 5.16 Å². The van der Waals surface area contributed by atoms with Gasteiger partial charge in [-0.05, 0) is 19.1 Å². The number of hydrogen-bond acceptors (Lipinski definition) is 5. The molecule has 0 bridgehead atoms. The first-order valence-corrected chi connectivity index (χ1v) is 7.50. The predicted molar refractivity (Wildman–Crippen MR) is 73.3 cm³/mol. The summed E-state index contributed by atoms with van der Waals surface area (Å²) in [7, 11) is -4.61. The standard InChI is InChI=1S/C11H10ClN3O4S/c1-6-13-10-8(12)3-2-7-9(14-19-20(16,17)18)4-5-15(6)11(7)10/h2-3H,4-5H2,1H3,(H,16,17,18)/b14-9+. The van der Waals surface area contributed by atoms with Gasteiger partial charge in [-0.1, -0.05) is 16.8 Å². The monoisotopic (exact) mass is 315 g/mol. The van der Waals surface area contributed by atoms with Crippen molar-refractivity contribution in [2.75, 3.05) is 0 Å². The Morgan fingerprint density at radius 3 is 2.95 bits per heavy atom. The summed E-state index contributed by atoms with van der Waals surface area (Å²) in [6.07, 6.45) is 0.469. The molecule has 1 aromatic heterocycles. The van der Waals surface area contributed by atoms with Gasteiger partial charge in [0.05, 0.1) is 16.3 Å². The molecule has 0 spiro atoms. The lowest BCUT2D eigenvalue weighted by atomic mass is 10.0. The van der Waals surface area contributed by atoms with Crippen LogP contribution in [0.5, 0.6) is 0 Å². The Morgan fingerprint density at radius 1 is 1.50 bits per heavy atom. The molecule has 106 valence electrons. The molecule has 2 heterocycles. The van der Waals surface area contributed by atoms with Crippen molar-refractivity contribution in [3.05, 3.63) is 28.5 Å². The van der Waals surface area contributed by atoms with Crippen molar-refractivity contribution >= 4 is 38.7 Å². The summed E-state index contributed by atoms with van der Waals surface area (Å²) in [5.41, 5.74) is 2.55. The predicted octanol–water partition coefficient (Wildman–Crippen LogP) is 1.93. The van der Waals surface area contributed by atoms with Gasteiger partial charge in [0.2, 0.25) is 0 Å². The lowest BCUT2D eigenvalue weighted by Gasteiger charge is -2.17. The molecule has 3 rings (SSSR count). The van der Waals surface area contributed by atoms with Crippen molar-refractivity contribution in [1.29, 1.82) is 0 Å². The summed E-state index contributed by atoms with van der Waals surface area (Å²) in [5, 5.41) is 4.03. The lowest BCUT2D eigenvalue weighted by molar-refractivity contribution is 0.281. The minimum atomic E-state index is -4.61. The molecule has 20 heavy (non-hydrogen) atoms. The molecule has 0 amide bonds. The zero-order valence-corrected chi connectivity index (χ0v) is 11.9. The second kappa shape index (κ2) is 4.44. The topological polar surface area (TPSA) is 93.8 Å². The normalized spacial score (nSPS) is 16.9. The molecule has 1 aliphatic rings. The van der Waals surface area contributed by atoms with Crippen molar-refractivity contribution in [2.45, 2.75) is 19.9 Å². The number of aryl methyl sites for hydroxylation is 2. The molecule has 7 nitrogen and oxygen atoms in total. The van der Waals surface area contributed by atoms with E-state index in [0.29, 0.717) is 34.8 Å². The minimum Gasteiger partial charge on any atom is -0.327 e. The van der Waals surface area contributed by atoms with Crippen LogP contribution in [0.25, 0.3) is 11.0 Å². The number of imidazole rings is 1. The molecular weight excluding hydrogens is 306 g/mol. The summed E-state index contributed by atoms with van der Waals surface area (Å²) in [4.78, 5) is 4.40. The number of oxime groups is 1. The Balaban J connectivity index is 2.21. The summed E-state index contributed by atoms with van der Waals surface area (Å²) in [6.45, 7) is 2.46. The van der Waals surface area contributed by atoms with Crippen LogP contribution in [-0.4, -0.2) is 28.2 Å². The molecule has 0 unspecified atom stereocenters. The van der Waals surface area contributed by atoms with E-state index in [9.17, 15) is 8.42 Å². The van der Waals surface area contributed by atoms with Crippen LogP contribution in [0.3, 0.4) is 0 Å². The van der Waals surface area contributed by atoms with Crippen LogP contribution in [0.15, 0.2) is 17.3 Å². The molecule has 1 aromatic carbocycles. The summed E-state index contributed by atoms with van der Waals surface area (Å²) in [5.74, 6) is 0.823. The lowest BCUT2D eigenvalue weighted by Crippen LogP contribution is -2.17. The molecule has 1 aliphatic heterocycles. The van der Waals surface area contributed by atoms with Crippen LogP contribution < -0.4 is 0 Å². The number of halogens is 1. The first-order valence-electron chi connectivity index (χ1n) is 5.75. The average molecular weight is 316 g/mol. The third-order valence-corrected chi connectivity index (χ3v) is 3.73. The number of benzene rings is 1. The maximum absolute atomic E-state index is 10.6. The van der Waals surface area contributed by atoms with Crippen LogP contribution in [-0.2, 0) is 21.2 Å². The molecule has 0 saturated heterocycles. The first-order chi connectivity index (χ1) is 9.37. The molecular formula is C11H10ClN3O4S. The Morgan fingerprint density at radius 2 is 2.25 bits per heavy atom. The van der Waals surface area contributed by atoms with E-state index in [1.54, 1.807) is 12.1 Å². The molecule has 1 N–H and O–H groups in total. The van der Waals surface area contributed by atoms with Crippen molar-refractivity contribution in [3.63, 3.8) is 0 Å². The zero-order chi connectivity index (χ0) is 14.5. The summed E-state index contributed by atoms with van der Waals surface area (Å²) in [6, 6.07) is 3.40. The quantitative estimate of drug-likeness (QED) is 0.675. The van der Waals surface area contributed by atoms with Crippen molar-refractivity contribution < 1.29 is 17.3 Å². The average Bonchev–Trinajstić information content (AvgIpc) is 2.70. The van der Waals surface area contributed by atoms with E-state index in [1.165, 1.54) is 0 Å². The van der Waals surface area contributed by atoms with Gasteiger partial charge < -0.3 is 4.57 Å². The number of aromatic nitrogens is 2. The largest absolute Gasteiger partial charge is 0.466 e. The van der Waals surface area contributed by atoms with Crippen LogP contribution in [0, 0.1) is 6.92 Å². The van der Waals surface area contributed by atoms with Gasteiger partial charge in [-0.3, -0.25) is 4.55 Å². The van der Waals surface area contributed by atoms with Crippen LogP contribution in [0.4, 0.5) is 0 Å². The fraction of sp³-hybridized carbons (Fsp3) is 0.273. The molecule has 0 aliphatic carbocycles. The Bertz CT molecular complexity index is 841. The van der Waals surface area contributed by atoms with Gasteiger partial charge >= 0.3 is 10.4 Å². The molecule has 0 fully saturated rings. The number of hydrogen-bond donors (Lipinski definition) is 1. The SMILES string of the molecule is Cc1nc2c(Cl)ccc3c2n1CC/C3=N\OS(=O)(=O)O. The van der Waals surface area contributed by atoms with Gasteiger partial charge in [0, 0.05) is 18.5 Å². The smallest absolute Gasteiger partial charge is 0.327 e. The summed E-state index contributed by atoms with van der Waals surface area (Å²) >= 11 is 6.11.